The summed E-state index contributed by atoms with van der Waals surface area (Å²) in [4.78, 5) is 21.8. The largest absolute Gasteiger partial charge is 0.444 e. The number of rotatable bonds is 5. The zero-order valence-corrected chi connectivity index (χ0v) is 18.4. The van der Waals surface area contributed by atoms with E-state index in [1.54, 1.807) is 14.1 Å². The van der Waals surface area contributed by atoms with Crippen LogP contribution in [0.4, 0.5) is 4.79 Å². The molecule has 9 heteroatoms. The van der Waals surface area contributed by atoms with Crippen LogP contribution >= 0.6 is 24.0 Å². The Labute approximate surface area is 166 Å². The predicted molar refractivity (Wildman–Crippen MR) is 108 cm³/mol. The highest BCUT2D eigenvalue weighted by Crippen LogP contribution is 2.09. The number of hydrogen-bond acceptors (Lipinski definition) is 5. The number of guanidine groups is 1. The predicted octanol–water partition coefficient (Wildman–Crippen LogP) is 2.44. The molecule has 8 nitrogen and oxygen atoms in total. The minimum absolute atomic E-state index is 0. The number of halogens is 1. The summed E-state index contributed by atoms with van der Waals surface area (Å²) in [6, 6.07) is 0. The summed E-state index contributed by atoms with van der Waals surface area (Å²) >= 11 is 0. The van der Waals surface area contributed by atoms with Crippen LogP contribution in [0.25, 0.3) is 0 Å². The quantitative estimate of drug-likeness (QED) is 0.393. The van der Waals surface area contributed by atoms with Crippen molar-refractivity contribution in [1.29, 1.82) is 0 Å². The monoisotopic (exact) mass is 467 g/mol. The van der Waals surface area contributed by atoms with E-state index in [9.17, 15) is 4.79 Å². The summed E-state index contributed by atoms with van der Waals surface area (Å²) in [7, 11) is 3.38. The Morgan fingerprint density at radius 3 is 2.44 bits per heavy atom. The van der Waals surface area contributed by atoms with Gasteiger partial charge in [0, 0.05) is 27.2 Å². The molecule has 0 spiro atoms. The maximum atomic E-state index is 11.9. The molecule has 144 valence electrons. The van der Waals surface area contributed by atoms with Crippen molar-refractivity contribution in [3.63, 3.8) is 0 Å². The first-order valence-corrected chi connectivity index (χ1v) is 7.94. The number of aromatic nitrogens is 1. The van der Waals surface area contributed by atoms with E-state index in [-0.39, 0.29) is 30.1 Å². The normalized spacial score (nSPS) is 11.6. The summed E-state index contributed by atoms with van der Waals surface area (Å²) in [6.07, 6.45) is -0.349. The maximum Gasteiger partial charge on any atom is 0.410 e. The molecule has 0 saturated carbocycles. The lowest BCUT2D eigenvalue weighted by Crippen LogP contribution is -2.42. The van der Waals surface area contributed by atoms with Crippen LogP contribution in [0, 0.1) is 13.8 Å². The van der Waals surface area contributed by atoms with Crippen LogP contribution in [0.15, 0.2) is 9.41 Å². The van der Waals surface area contributed by atoms with Crippen molar-refractivity contribution in [2.45, 2.75) is 46.8 Å². The van der Waals surface area contributed by atoms with Crippen LogP contribution in [0.5, 0.6) is 0 Å². The Balaban J connectivity index is 0.00000576. The Morgan fingerprint density at radius 2 is 1.96 bits per heavy atom. The van der Waals surface area contributed by atoms with Gasteiger partial charge in [0.05, 0.1) is 12.2 Å². The number of carbonyl (C=O) groups is 1. The van der Waals surface area contributed by atoms with Crippen LogP contribution in [0.1, 0.15) is 38.1 Å². The molecule has 0 bridgehead atoms. The topological polar surface area (TPSA) is 92.0 Å². The van der Waals surface area contributed by atoms with E-state index in [4.69, 9.17) is 9.15 Å². The van der Waals surface area contributed by atoms with Crippen molar-refractivity contribution >= 4 is 36.0 Å². The number of oxazole rings is 1. The van der Waals surface area contributed by atoms with Gasteiger partial charge in [0.15, 0.2) is 5.96 Å². The third-order valence-electron chi connectivity index (χ3n) is 3.15. The third-order valence-corrected chi connectivity index (χ3v) is 3.15. The molecule has 0 aromatic carbocycles. The standard InChI is InChI=1S/C16H29N5O3.HI/c1-11-12(2)23-13(20-11)10-19-14(17-6)18-8-9-21(7)15(22)24-16(3,4)5;/h8-10H2,1-7H3,(H2,17,18,19);1H. The van der Waals surface area contributed by atoms with Gasteiger partial charge < -0.3 is 24.7 Å². The van der Waals surface area contributed by atoms with Crippen molar-refractivity contribution in [1.82, 2.24) is 20.5 Å². The van der Waals surface area contributed by atoms with Crippen LogP contribution in [-0.4, -0.2) is 54.7 Å². The molecular formula is C16H30IN5O3. The summed E-state index contributed by atoms with van der Waals surface area (Å²) in [6.45, 7) is 10.8. The number of nitrogens with one attached hydrogen (secondary N) is 2. The fourth-order valence-electron chi connectivity index (χ4n) is 1.77. The van der Waals surface area contributed by atoms with E-state index >= 15 is 0 Å². The molecule has 1 aromatic heterocycles. The van der Waals surface area contributed by atoms with Crippen molar-refractivity contribution in [2.24, 2.45) is 4.99 Å². The van der Waals surface area contributed by atoms with Crippen molar-refractivity contribution in [3.05, 3.63) is 17.3 Å². The maximum absolute atomic E-state index is 11.9. The van der Waals surface area contributed by atoms with E-state index in [2.05, 4.69) is 20.6 Å². The second kappa shape index (κ2) is 10.5. The Morgan fingerprint density at radius 1 is 1.32 bits per heavy atom. The van der Waals surface area contributed by atoms with Gasteiger partial charge >= 0.3 is 6.09 Å². The molecule has 0 radical (unpaired) electrons. The van der Waals surface area contributed by atoms with Gasteiger partial charge in [-0.15, -0.1) is 24.0 Å². The summed E-state index contributed by atoms with van der Waals surface area (Å²) in [5, 5.41) is 6.25. The zero-order chi connectivity index (χ0) is 18.3. The minimum Gasteiger partial charge on any atom is -0.444 e. The third kappa shape index (κ3) is 8.94. The number of carbonyl (C=O) groups excluding carboxylic acids is 1. The van der Waals surface area contributed by atoms with E-state index in [0.717, 1.165) is 11.5 Å². The number of hydrogen-bond donors (Lipinski definition) is 2. The van der Waals surface area contributed by atoms with Crippen LogP contribution in [0.3, 0.4) is 0 Å². The number of nitrogens with zero attached hydrogens (tertiary/aromatic N) is 3. The molecule has 0 aliphatic carbocycles. The van der Waals surface area contributed by atoms with Crippen LogP contribution in [-0.2, 0) is 11.3 Å². The Kier molecular flexibility index (Phi) is 9.83. The van der Waals surface area contributed by atoms with Crippen molar-refractivity contribution < 1.29 is 13.9 Å². The van der Waals surface area contributed by atoms with Crippen LogP contribution < -0.4 is 10.6 Å². The minimum atomic E-state index is -0.497. The van der Waals surface area contributed by atoms with E-state index < -0.39 is 5.60 Å². The molecule has 0 saturated heterocycles. The average molecular weight is 467 g/mol. The highest BCUT2D eigenvalue weighted by Gasteiger charge is 2.19. The summed E-state index contributed by atoms with van der Waals surface area (Å²) in [5.41, 5.74) is 0.386. The second-order valence-electron chi connectivity index (χ2n) is 6.50. The molecule has 2 N–H and O–H groups in total. The second-order valence-corrected chi connectivity index (χ2v) is 6.50. The van der Waals surface area contributed by atoms with Gasteiger partial charge in [-0.3, -0.25) is 4.99 Å². The van der Waals surface area contributed by atoms with Gasteiger partial charge in [0.2, 0.25) is 5.89 Å². The fourth-order valence-corrected chi connectivity index (χ4v) is 1.77. The van der Waals surface area contributed by atoms with Gasteiger partial charge in [-0.1, -0.05) is 0 Å². The SMILES string of the molecule is CN=C(NCCN(C)C(=O)OC(C)(C)C)NCc1nc(C)c(C)o1.I. The fraction of sp³-hybridized carbons (Fsp3) is 0.688. The average Bonchev–Trinajstić information content (AvgIpc) is 2.79. The lowest BCUT2D eigenvalue weighted by atomic mass is 10.2. The van der Waals surface area contributed by atoms with Gasteiger partial charge in [0.25, 0.3) is 0 Å². The van der Waals surface area contributed by atoms with Gasteiger partial charge in [-0.05, 0) is 34.6 Å². The smallest absolute Gasteiger partial charge is 0.410 e. The molecule has 0 unspecified atom stereocenters. The number of amides is 1. The molecule has 0 fully saturated rings. The molecule has 25 heavy (non-hydrogen) atoms. The first-order chi connectivity index (χ1) is 11.1. The zero-order valence-electron chi connectivity index (χ0n) is 16.1. The van der Waals surface area contributed by atoms with Gasteiger partial charge in [-0.2, -0.15) is 0 Å². The number of likely N-dealkylation sites (N-methyl/N-ethyl adjacent to an activating group) is 1. The first kappa shape index (κ1) is 23.5. The Bertz CT molecular complexity index is 561. The highest BCUT2D eigenvalue weighted by atomic mass is 127. The molecular weight excluding hydrogens is 437 g/mol. The highest BCUT2D eigenvalue weighted by molar-refractivity contribution is 14.0. The number of aliphatic imine (C=N–C) groups is 1. The molecule has 1 rings (SSSR count). The molecule has 0 aliphatic rings. The van der Waals surface area contributed by atoms with Gasteiger partial charge in [-0.25, -0.2) is 9.78 Å². The number of aryl methyl sites for hydroxylation is 2. The molecule has 0 atom stereocenters. The van der Waals surface area contributed by atoms with E-state index in [1.165, 1.54) is 4.90 Å². The van der Waals surface area contributed by atoms with Crippen molar-refractivity contribution in [3.8, 4) is 0 Å². The van der Waals surface area contributed by atoms with E-state index in [1.807, 2.05) is 34.6 Å². The Hall–Kier alpha value is -1.52. The lowest BCUT2D eigenvalue weighted by molar-refractivity contribution is 0.0302. The summed E-state index contributed by atoms with van der Waals surface area (Å²) in [5.74, 6) is 2.04. The lowest BCUT2D eigenvalue weighted by Gasteiger charge is -2.24. The van der Waals surface area contributed by atoms with Gasteiger partial charge in [0.1, 0.15) is 11.4 Å². The first-order valence-electron chi connectivity index (χ1n) is 7.94. The molecule has 1 heterocycles. The van der Waals surface area contributed by atoms with Crippen LogP contribution in [0.2, 0.25) is 0 Å². The van der Waals surface area contributed by atoms with Crippen molar-refractivity contribution in [2.75, 3.05) is 27.2 Å². The molecule has 1 amide bonds. The van der Waals surface area contributed by atoms with E-state index in [0.29, 0.717) is 31.5 Å². The summed E-state index contributed by atoms with van der Waals surface area (Å²) < 4.78 is 10.8. The number of ether oxygens (including phenoxy) is 1. The molecule has 0 aliphatic heterocycles. The molecule has 1 aromatic rings.